The molecule has 0 saturated carbocycles. The van der Waals surface area contributed by atoms with Crippen molar-refractivity contribution in [2.75, 3.05) is 71.4 Å². The summed E-state index contributed by atoms with van der Waals surface area (Å²) in [7, 11) is 4.18. The molecule has 0 amide bonds. The molecule has 0 bridgehead atoms. The highest BCUT2D eigenvalue weighted by Gasteiger charge is 2.22. The van der Waals surface area contributed by atoms with E-state index < -0.39 is 10.9 Å². The minimum atomic E-state index is -1.28. The quantitative estimate of drug-likeness (QED) is 0.592. The molecule has 2 aliphatic heterocycles. The van der Waals surface area contributed by atoms with Crippen molar-refractivity contribution in [2.45, 2.75) is 0 Å². The van der Waals surface area contributed by atoms with E-state index in [4.69, 9.17) is 5.11 Å². The third-order valence-electron chi connectivity index (χ3n) is 4.62. The number of rotatable bonds is 3. The monoisotopic (exact) mass is 365 g/mol. The zero-order chi connectivity index (χ0) is 19.1. The molecule has 2 N–H and O–H groups in total. The van der Waals surface area contributed by atoms with Gasteiger partial charge < -0.3 is 25.1 Å². The molecule has 0 radical (unpaired) electrons. The summed E-state index contributed by atoms with van der Waals surface area (Å²) in [5, 5.41) is 23.1. The van der Waals surface area contributed by atoms with Crippen molar-refractivity contribution in [3.05, 3.63) is 33.9 Å². The molecule has 0 aromatic heterocycles. The number of hydrogen-bond acceptors (Lipinski definition) is 7. The lowest BCUT2D eigenvalue weighted by Gasteiger charge is -2.34. The van der Waals surface area contributed by atoms with Crippen LogP contribution >= 0.6 is 0 Å². The predicted octanol–water partition coefficient (Wildman–Crippen LogP) is 0.566. The highest BCUT2D eigenvalue weighted by Crippen LogP contribution is 2.25. The summed E-state index contributed by atoms with van der Waals surface area (Å²) in [5.41, 5.74) is 0.0860. The summed E-state index contributed by atoms with van der Waals surface area (Å²) >= 11 is 0. The van der Waals surface area contributed by atoms with Gasteiger partial charge in [-0.1, -0.05) is 0 Å². The topological polar surface area (TPSA) is 102 Å². The van der Waals surface area contributed by atoms with Crippen molar-refractivity contribution < 1.29 is 14.8 Å². The van der Waals surface area contributed by atoms with Crippen LogP contribution in [0.2, 0.25) is 0 Å². The number of nitrogens with one attached hydrogen (secondary N) is 1. The number of aromatic carboxylic acids is 1. The van der Waals surface area contributed by atoms with Crippen molar-refractivity contribution in [3.63, 3.8) is 0 Å². The summed E-state index contributed by atoms with van der Waals surface area (Å²) < 4.78 is 0. The van der Waals surface area contributed by atoms with E-state index >= 15 is 0 Å². The maximum Gasteiger partial charge on any atom is 0.342 e. The number of nitro benzene ring substituents is 1. The molecule has 0 atom stereocenters. The fourth-order valence-corrected chi connectivity index (χ4v) is 2.89. The van der Waals surface area contributed by atoms with Crippen LogP contribution in [0, 0.1) is 10.1 Å². The lowest BCUT2D eigenvalue weighted by molar-refractivity contribution is -0.385. The second-order valence-corrected chi connectivity index (χ2v) is 6.61. The third kappa shape index (κ3) is 5.65. The molecule has 0 aliphatic carbocycles. The molecule has 2 heterocycles. The number of carboxylic acids is 1. The van der Waals surface area contributed by atoms with Gasteiger partial charge in [0.1, 0.15) is 5.56 Å². The fraction of sp³-hybridized carbons (Fsp3) is 0.588. The maximum absolute atomic E-state index is 11.1. The van der Waals surface area contributed by atoms with Gasteiger partial charge in [-0.25, -0.2) is 4.79 Å². The first kappa shape index (κ1) is 20.1. The molecule has 26 heavy (non-hydrogen) atoms. The molecule has 3 rings (SSSR count). The Morgan fingerprint density at radius 2 is 1.65 bits per heavy atom. The molecular weight excluding hydrogens is 338 g/mol. The molecular formula is C17H27N5O4. The zero-order valence-corrected chi connectivity index (χ0v) is 15.3. The van der Waals surface area contributed by atoms with E-state index in [0.717, 1.165) is 45.0 Å². The van der Waals surface area contributed by atoms with Crippen molar-refractivity contribution >= 4 is 17.3 Å². The van der Waals surface area contributed by atoms with Crippen molar-refractivity contribution in [2.24, 2.45) is 0 Å². The van der Waals surface area contributed by atoms with Crippen LogP contribution < -0.4 is 10.2 Å². The first-order valence-corrected chi connectivity index (χ1v) is 8.73. The van der Waals surface area contributed by atoms with E-state index in [-0.39, 0.29) is 11.3 Å². The van der Waals surface area contributed by atoms with Crippen LogP contribution in [0.25, 0.3) is 0 Å². The first-order valence-electron chi connectivity index (χ1n) is 8.73. The summed E-state index contributed by atoms with van der Waals surface area (Å²) in [4.78, 5) is 27.7. The highest BCUT2D eigenvalue weighted by molar-refractivity contribution is 5.93. The van der Waals surface area contributed by atoms with Crippen molar-refractivity contribution in [1.82, 2.24) is 15.1 Å². The predicted molar refractivity (Wildman–Crippen MR) is 100 cm³/mol. The summed E-state index contributed by atoms with van der Waals surface area (Å²) in [6.07, 6.45) is 0. The Morgan fingerprint density at radius 3 is 2.12 bits per heavy atom. The maximum atomic E-state index is 11.1. The molecule has 144 valence electrons. The molecule has 2 fully saturated rings. The van der Waals surface area contributed by atoms with Gasteiger partial charge in [-0.05, 0) is 26.2 Å². The average molecular weight is 365 g/mol. The molecule has 9 heteroatoms. The lowest BCUT2D eigenvalue weighted by Crippen LogP contribution is -2.44. The Balaban J connectivity index is 0.000000290. The highest BCUT2D eigenvalue weighted by atomic mass is 16.6. The Bertz CT molecular complexity index is 626. The Kier molecular flexibility index (Phi) is 7.31. The van der Waals surface area contributed by atoms with Crippen LogP contribution in [0.4, 0.5) is 11.4 Å². The van der Waals surface area contributed by atoms with E-state index in [0.29, 0.717) is 0 Å². The SMILES string of the molecule is CN1CCN(c2ccc([N+](=O)[O-])c(C(=O)O)c2)CC1.CN1CCNCC1. The number of nitrogens with zero attached hydrogens (tertiary/aromatic N) is 4. The van der Waals surface area contributed by atoms with Gasteiger partial charge in [0.15, 0.2) is 0 Å². The minimum absolute atomic E-state index is 0.263. The summed E-state index contributed by atoms with van der Waals surface area (Å²) in [6, 6.07) is 4.25. The van der Waals surface area contributed by atoms with Crippen molar-refractivity contribution in [1.29, 1.82) is 0 Å². The number of benzene rings is 1. The van der Waals surface area contributed by atoms with Gasteiger partial charge in [0.25, 0.3) is 5.69 Å². The number of likely N-dealkylation sites (N-methyl/N-ethyl adjacent to an activating group) is 2. The normalized spacial score (nSPS) is 18.8. The van der Waals surface area contributed by atoms with Crippen LogP contribution in [0.5, 0.6) is 0 Å². The average Bonchev–Trinajstić information content (AvgIpc) is 2.63. The Morgan fingerprint density at radius 1 is 1.08 bits per heavy atom. The Labute approximate surface area is 153 Å². The number of carbonyl (C=O) groups is 1. The van der Waals surface area contributed by atoms with E-state index in [1.165, 1.54) is 25.2 Å². The van der Waals surface area contributed by atoms with Gasteiger partial charge >= 0.3 is 5.97 Å². The molecule has 2 aliphatic rings. The van der Waals surface area contributed by atoms with Crippen molar-refractivity contribution in [3.8, 4) is 0 Å². The van der Waals surface area contributed by atoms with E-state index in [9.17, 15) is 14.9 Å². The standard InChI is InChI=1S/C12H15N3O4.C5H12N2/c1-13-4-6-14(7-5-13)9-2-3-11(15(18)19)10(8-9)12(16)17;1-7-4-2-6-3-5-7/h2-3,8H,4-7H2,1H3,(H,16,17);6H,2-5H2,1H3. The second kappa shape index (κ2) is 9.46. The van der Waals surface area contributed by atoms with Crippen LogP contribution in [-0.2, 0) is 0 Å². The number of hydrogen-bond donors (Lipinski definition) is 2. The molecule has 1 aromatic rings. The van der Waals surface area contributed by atoms with Gasteiger partial charge in [0.05, 0.1) is 4.92 Å². The van der Waals surface area contributed by atoms with Crippen LogP contribution in [0.15, 0.2) is 18.2 Å². The number of carboxylic acid groups (broad SMARTS) is 1. The molecule has 2 saturated heterocycles. The largest absolute Gasteiger partial charge is 0.477 e. The lowest BCUT2D eigenvalue weighted by atomic mass is 10.1. The van der Waals surface area contributed by atoms with Crippen LogP contribution in [0.1, 0.15) is 10.4 Å². The summed E-state index contributed by atoms with van der Waals surface area (Å²) in [5.74, 6) is -1.28. The zero-order valence-electron chi connectivity index (χ0n) is 15.3. The van der Waals surface area contributed by atoms with Gasteiger partial charge in [-0.3, -0.25) is 10.1 Å². The molecule has 9 nitrogen and oxygen atoms in total. The van der Waals surface area contributed by atoms with E-state index in [1.807, 2.05) is 11.9 Å². The Hall–Kier alpha value is -2.23. The van der Waals surface area contributed by atoms with Gasteiger partial charge in [-0.2, -0.15) is 0 Å². The van der Waals surface area contributed by atoms with Gasteiger partial charge in [0.2, 0.25) is 0 Å². The number of piperazine rings is 2. The van der Waals surface area contributed by atoms with E-state index in [2.05, 4.69) is 22.2 Å². The second-order valence-electron chi connectivity index (χ2n) is 6.61. The molecule has 1 aromatic carbocycles. The fourth-order valence-electron chi connectivity index (χ4n) is 2.89. The molecule has 0 unspecified atom stereocenters. The smallest absolute Gasteiger partial charge is 0.342 e. The minimum Gasteiger partial charge on any atom is -0.477 e. The van der Waals surface area contributed by atoms with E-state index in [1.54, 1.807) is 6.07 Å². The van der Waals surface area contributed by atoms with Crippen LogP contribution in [-0.4, -0.2) is 92.3 Å². The first-order chi connectivity index (χ1) is 12.4. The number of anilines is 1. The van der Waals surface area contributed by atoms with Gasteiger partial charge in [-0.15, -0.1) is 0 Å². The number of nitro groups is 1. The molecule has 0 spiro atoms. The van der Waals surface area contributed by atoms with Gasteiger partial charge in [0, 0.05) is 64.1 Å². The van der Waals surface area contributed by atoms with Crippen LogP contribution in [0.3, 0.4) is 0 Å². The summed E-state index contributed by atoms with van der Waals surface area (Å²) in [6.45, 7) is 8.09. The third-order valence-corrected chi connectivity index (χ3v) is 4.62.